The van der Waals surface area contributed by atoms with E-state index in [1.807, 2.05) is 12.1 Å². The van der Waals surface area contributed by atoms with E-state index in [-0.39, 0.29) is 11.4 Å². The maximum absolute atomic E-state index is 13.1. The van der Waals surface area contributed by atoms with Crippen LogP contribution in [0.2, 0.25) is 0 Å². The molecule has 0 radical (unpaired) electrons. The summed E-state index contributed by atoms with van der Waals surface area (Å²) in [5.74, 6) is 0.459. The smallest absolute Gasteiger partial charge is 0.416 e. The first-order valence-electron chi connectivity index (χ1n) is 8.22. The molecule has 0 aliphatic heterocycles. The van der Waals surface area contributed by atoms with E-state index in [0.29, 0.717) is 11.5 Å². The third-order valence-corrected chi connectivity index (χ3v) is 4.08. The zero-order chi connectivity index (χ0) is 19.7. The van der Waals surface area contributed by atoms with Crippen molar-refractivity contribution < 1.29 is 17.9 Å². The summed E-state index contributed by atoms with van der Waals surface area (Å²) in [7, 11) is 1.32. The van der Waals surface area contributed by atoms with Gasteiger partial charge in [0.25, 0.3) is 0 Å². The van der Waals surface area contributed by atoms with Gasteiger partial charge in [0.2, 0.25) is 0 Å². The number of nitrogens with zero attached hydrogens (tertiary/aromatic N) is 4. The molecule has 0 amide bonds. The SMILES string of the molecule is COc1cc(Nc2ccc3ncc(-c4ccncc4)n3n2)cc(C(F)(F)F)c1. The Hall–Kier alpha value is -3.62. The molecule has 4 rings (SSSR count). The van der Waals surface area contributed by atoms with Crippen LogP contribution in [-0.4, -0.2) is 26.7 Å². The van der Waals surface area contributed by atoms with Crippen molar-refractivity contribution in [3.63, 3.8) is 0 Å². The number of ether oxygens (including phenoxy) is 1. The number of alkyl halides is 3. The van der Waals surface area contributed by atoms with Crippen molar-refractivity contribution in [2.24, 2.45) is 0 Å². The van der Waals surface area contributed by atoms with Gasteiger partial charge in [-0.2, -0.15) is 13.2 Å². The van der Waals surface area contributed by atoms with E-state index in [1.54, 1.807) is 35.2 Å². The molecular formula is C19H14F3N5O. The quantitative estimate of drug-likeness (QED) is 0.558. The van der Waals surface area contributed by atoms with Gasteiger partial charge in [-0.1, -0.05) is 0 Å². The van der Waals surface area contributed by atoms with Crippen molar-refractivity contribution in [3.8, 4) is 17.0 Å². The van der Waals surface area contributed by atoms with Crippen LogP contribution >= 0.6 is 0 Å². The van der Waals surface area contributed by atoms with Gasteiger partial charge < -0.3 is 10.1 Å². The van der Waals surface area contributed by atoms with Crippen molar-refractivity contribution in [1.82, 2.24) is 19.6 Å². The van der Waals surface area contributed by atoms with Gasteiger partial charge in [0.1, 0.15) is 5.75 Å². The van der Waals surface area contributed by atoms with Gasteiger partial charge in [-0.15, -0.1) is 5.10 Å². The van der Waals surface area contributed by atoms with Crippen LogP contribution < -0.4 is 10.1 Å². The average molecular weight is 385 g/mol. The molecule has 3 heterocycles. The summed E-state index contributed by atoms with van der Waals surface area (Å²) in [6.07, 6.45) is 0.507. The average Bonchev–Trinajstić information content (AvgIpc) is 3.11. The second-order valence-corrected chi connectivity index (χ2v) is 5.94. The minimum Gasteiger partial charge on any atom is -0.497 e. The number of nitrogens with one attached hydrogen (secondary N) is 1. The van der Waals surface area contributed by atoms with Crippen molar-refractivity contribution in [1.29, 1.82) is 0 Å². The Bertz CT molecular complexity index is 1130. The fraction of sp³-hybridized carbons (Fsp3) is 0.105. The zero-order valence-corrected chi connectivity index (χ0v) is 14.6. The number of pyridine rings is 1. The summed E-state index contributed by atoms with van der Waals surface area (Å²) in [5.41, 5.74) is 1.62. The Kier molecular flexibility index (Phi) is 4.34. The maximum atomic E-state index is 13.1. The predicted octanol–water partition coefficient (Wildman–Crippen LogP) is 4.56. The highest BCUT2D eigenvalue weighted by molar-refractivity contribution is 5.65. The molecule has 0 fully saturated rings. The largest absolute Gasteiger partial charge is 0.497 e. The van der Waals surface area contributed by atoms with Gasteiger partial charge in [-0.25, -0.2) is 9.50 Å². The molecule has 4 aromatic rings. The van der Waals surface area contributed by atoms with Gasteiger partial charge in [0, 0.05) is 29.7 Å². The molecule has 0 spiro atoms. The number of halogens is 3. The summed E-state index contributed by atoms with van der Waals surface area (Å²) < 4.78 is 45.9. The van der Waals surface area contributed by atoms with E-state index >= 15 is 0 Å². The molecule has 0 unspecified atom stereocenters. The molecule has 1 N–H and O–H groups in total. The van der Waals surface area contributed by atoms with Gasteiger partial charge in [-0.05, 0) is 36.4 Å². The number of hydrogen-bond donors (Lipinski definition) is 1. The van der Waals surface area contributed by atoms with Crippen LogP contribution in [0.5, 0.6) is 5.75 Å². The number of fused-ring (bicyclic) bond motifs is 1. The number of aromatic nitrogens is 4. The lowest BCUT2D eigenvalue weighted by Crippen LogP contribution is -2.07. The molecule has 0 saturated heterocycles. The van der Waals surface area contributed by atoms with Crippen LogP contribution in [0.15, 0.2) is 61.1 Å². The third-order valence-electron chi connectivity index (χ3n) is 4.08. The van der Waals surface area contributed by atoms with Gasteiger partial charge in [-0.3, -0.25) is 4.98 Å². The summed E-state index contributed by atoms with van der Waals surface area (Å²) in [4.78, 5) is 8.29. The molecule has 0 aliphatic carbocycles. The predicted molar refractivity (Wildman–Crippen MR) is 97.5 cm³/mol. The summed E-state index contributed by atoms with van der Waals surface area (Å²) in [5, 5.41) is 7.35. The summed E-state index contributed by atoms with van der Waals surface area (Å²) in [6.45, 7) is 0. The van der Waals surface area contributed by atoms with E-state index in [9.17, 15) is 13.2 Å². The molecular weight excluding hydrogens is 371 g/mol. The number of anilines is 2. The topological polar surface area (TPSA) is 64.3 Å². The molecule has 9 heteroatoms. The fourth-order valence-electron chi connectivity index (χ4n) is 2.76. The van der Waals surface area contributed by atoms with Crippen LogP contribution in [0, 0.1) is 0 Å². The highest BCUT2D eigenvalue weighted by Crippen LogP contribution is 2.34. The van der Waals surface area contributed by atoms with Crippen LogP contribution in [0.4, 0.5) is 24.7 Å². The lowest BCUT2D eigenvalue weighted by atomic mass is 10.2. The van der Waals surface area contributed by atoms with Gasteiger partial charge >= 0.3 is 6.18 Å². The molecule has 28 heavy (non-hydrogen) atoms. The normalized spacial score (nSPS) is 11.6. The first-order valence-corrected chi connectivity index (χ1v) is 8.22. The Morgan fingerprint density at radius 2 is 1.82 bits per heavy atom. The molecule has 3 aromatic heterocycles. The Morgan fingerprint density at radius 3 is 2.54 bits per heavy atom. The minimum atomic E-state index is -4.48. The van der Waals surface area contributed by atoms with E-state index < -0.39 is 11.7 Å². The molecule has 6 nitrogen and oxygen atoms in total. The summed E-state index contributed by atoms with van der Waals surface area (Å²) in [6, 6.07) is 10.4. The molecule has 1 aromatic carbocycles. The molecule has 0 bridgehead atoms. The second kappa shape index (κ2) is 6.84. The number of imidazole rings is 1. The maximum Gasteiger partial charge on any atom is 0.416 e. The second-order valence-electron chi connectivity index (χ2n) is 5.94. The Morgan fingerprint density at radius 1 is 1.04 bits per heavy atom. The van der Waals surface area contributed by atoms with Crippen LogP contribution in [0.25, 0.3) is 16.9 Å². The zero-order valence-electron chi connectivity index (χ0n) is 14.6. The lowest BCUT2D eigenvalue weighted by Gasteiger charge is -2.13. The Labute approximate surface area is 157 Å². The Balaban J connectivity index is 1.73. The van der Waals surface area contributed by atoms with E-state index in [4.69, 9.17) is 4.74 Å². The molecule has 142 valence electrons. The van der Waals surface area contributed by atoms with Crippen LogP contribution in [-0.2, 0) is 6.18 Å². The van der Waals surface area contributed by atoms with Gasteiger partial charge in [0.05, 0.1) is 24.6 Å². The number of benzene rings is 1. The number of methoxy groups -OCH3 is 1. The first kappa shape index (κ1) is 17.8. The third kappa shape index (κ3) is 3.46. The highest BCUT2D eigenvalue weighted by Gasteiger charge is 2.31. The standard InChI is InChI=1S/C19H14F3N5O/c1-28-15-9-13(19(20,21)22)8-14(10-15)25-17-2-3-18-24-11-16(27(18)26-17)12-4-6-23-7-5-12/h2-11H,1H3,(H,25,26). The van der Waals surface area contributed by atoms with Crippen molar-refractivity contribution in [2.75, 3.05) is 12.4 Å². The van der Waals surface area contributed by atoms with E-state index in [1.165, 1.54) is 13.2 Å². The van der Waals surface area contributed by atoms with Crippen molar-refractivity contribution >= 4 is 17.2 Å². The fourth-order valence-corrected chi connectivity index (χ4v) is 2.76. The number of hydrogen-bond acceptors (Lipinski definition) is 5. The van der Waals surface area contributed by atoms with E-state index in [0.717, 1.165) is 23.4 Å². The molecule has 0 atom stereocenters. The van der Waals surface area contributed by atoms with Crippen molar-refractivity contribution in [2.45, 2.75) is 6.18 Å². The monoisotopic (exact) mass is 385 g/mol. The van der Waals surface area contributed by atoms with Gasteiger partial charge in [0.15, 0.2) is 11.5 Å². The highest BCUT2D eigenvalue weighted by atomic mass is 19.4. The minimum absolute atomic E-state index is 0.0958. The number of rotatable bonds is 4. The van der Waals surface area contributed by atoms with Crippen LogP contribution in [0.1, 0.15) is 5.56 Å². The molecule has 0 aliphatic rings. The first-order chi connectivity index (χ1) is 13.4. The summed E-state index contributed by atoms with van der Waals surface area (Å²) >= 11 is 0. The van der Waals surface area contributed by atoms with E-state index in [2.05, 4.69) is 20.4 Å². The molecule has 0 saturated carbocycles. The van der Waals surface area contributed by atoms with Crippen LogP contribution in [0.3, 0.4) is 0 Å². The van der Waals surface area contributed by atoms with Crippen molar-refractivity contribution in [3.05, 3.63) is 66.6 Å². The lowest BCUT2D eigenvalue weighted by molar-refractivity contribution is -0.137.